The van der Waals surface area contributed by atoms with Crippen LogP contribution in [0.15, 0.2) is 192 Å². The van der Waals surface area contributed by atoms with Gasteiger partial charge in [-0.05, 0) is 86.7 Å². The van der Waals surface area contributed by atoms with E-state index in [0.29, 0.717) is 17.5 Å². The lowest BCUT2D eigenvalue weighted by molar-refractivity contribution is 0.353. The molecule has 1 spiro atoms. The van der Waals surface area contributed by atoms with Crippen LogP contribution in [0.5, 0.6) is 0 Å². The lowest BCUT2D eigenvalue weighted by Crippen LogP contribution is -2.28. The minimum absolute atomic E-state index is 0.107. The summed E-state index contributed by atoms with van der Waals surface area (Å²) < 4.78 is 6.28. The van der Waals surface area contributed by atoms with Crippen molar-refractivity contribution in [3.8, 4) is 78.7 Å². The van der Waals surface area contributed by atoms with E-state index in [1.54, 1.807) is 0 Å². The van der Waals surface area contributed by atoms with Gasteiger partial charge in [0.25, 0.3) is 0 Å². The third kappa shape index (κ3) is 6.01. The van der Waals surface area contributed by atoms with Gasteiger partial charge in [0.15, 0.2) is 17.5 Å². The fourth-order valence-electron chi connectivity index (χ4n) is 10.2. The number of aromatic nitrogens is 3. The average Bonchev–Trinajstić information content (AvgIpc) is 3.85. The van der Waals surface area contributed by atoms with E-state index in [1.807, 2.05) is 30.3 Å². The Morgan fingerprint density at radius 2 is 0.836 bits per heavy atom. The third-order valence-corrected chi connectivity index (χ3v) is 13.2. The number of benzene rings is 8. The van der Waals surface area contributed by atoms with E-state index in [0.717, 1.165) is 49.8 Å². The highest BCUT2D eigenvalue weighted by Crippen LogP contribution is 2.58. The molecule has 0 amide bonds. The Morgan fingerprint density at radius 1 is 0.344 bits per heavy atom. The van der Waals surface area contributed by atoms with E-state index in [2.05, 4.69) is 158 Å². The van der Waals surface area contributed by atoms with Gasteiger partial charge in [0.05, 0.1) is 0 Å². The molecule has 61 heavy (non-hydrogen) atoms. The SMILES string of the molecule is c1ccc(-c2ccc(-c3nc(-c4ccc(-c5ccc(-c6cccc7c6C6(CCCCC6)c6ccccc6-7)cc5)cc4)nc(-c4ccc5c(c4)oc4ccccc45)n3)cc2)cc1. The van der Waals surface area contributed by atoms with Crippen molar-refractivity contribution in [2.24, 2.45) is 0 Å². The molecule has 12 rings (SSSR count). The Morgan fingerprint density at radius 3 is 1.52 bits per heavy atom. The molecular formula is C57H41N3O. The number of hydrogen-bond donors (Lipinski definition) is 0. The van der Waals surface area contributed by atoms with Gasteiger partial charge in [-0.15, -0.1) is 0 Å². The van der Waals surface area contributed by atoms with E-state index < -0.39 is 0 Å². The van der Waals surface area contributed by atoms with Crippen LogP contribution >= 0.6 is 0 Å². The normalized spacial score (nSPS) is 14.0. The number of fused-ring (bicyclic) bond motifs is 8. The minimum Gasteiger partial charge on any atom is -0.456 e. The molecule has 4 heteroatoms. The van der Waals surface area contributed by atoms with Crippen LogP contribution in [0.2, 0.25) is 0 Å². The summed E-state index contributed by atoms with van der Waals surface area (Å²) in [7, 11) is 0. The van der Waals surface area contributed by atoms with Crippen LogP contribution in [-0.4, -0.2) is 15.0 Å². The average molecular weight is 784 g/mol. The van der Waals surface area contributed by atoms with Crippen LogP contribution in [0.25, 0.3) is 101 Å². The quantitative estimate of drug-likeness (QED) is 0.169. The first-order valence-electron chi connectivity index (χ1n) is 21.5. The predicted octanol–water partition coefficient (Wildman–Crippen LogP) is 15.0. The molecule has 2 aliphatic carbocycles. The highest BCUT2D eigenvalue weighted by atomic mass is 16.3. The van der Waals surface area contributed by atoms with Crippen LogP contribution in [0.4, 0.5) is 0 Å². The minimum atomic E-state index is 0.107. The van der Waals surface area contributed by atoms with E-state index in [-0.39, 0.29) is 5.41 Å². The lowest BCUT2D eigenvalue weighted by atomic mass is 9.66. The zero-order valence-electron chi connectivity index (χ0n) is 33.7. The van der Waals surface area contributed by atoms with Crippen molar-refractivity contribution < 1.29 is 4.42 Å². The van der Waals surface area contributed by atoms with Crippen molar-refractivity contribution >= 4 is 21.9 Å². The molecule has 2 heterocycles. The van der Waals surface area contributed by atoms with E-state index in [9.17, 15) is 0 Å². The fraction of sp³-hybridized carbons (Fsp3) is 0.105. The maximum absolute atomic E-state index is 6.28. The van der Waals surface area contributed by atoms with Crippen LogP contribution in [0, 0.1) is 0 Å². The summed E-state index contributed by atoms with van der Waals surface area (Å²) in [6.07, 6.45) is 6.33. The summed E-state index contributed by atoms with van der Waals surface area (Å²) in [4.78, 5) is 15.2. The molecule has 0 unspecified atom stereocenters. The Bertz CT molecular complexity index is 3250. The van der Waals surface area contributed by atoms with Crippen LogP contribution in [0.3, 0.4) is 0 Å². The Labute approximate surface area is 355 Å². The molecule has 4 nitrogen and oxygen atoms in total. The van der Waals surface area contributed by atoms with Crippen LogP contribution in [-0.2, 0) is 5.41 Å². The van der Waals surface area contributed by atoms with Crippen LogP contribution < -0.4 is 0 Å². The summed E-state index contributed by atoms with van der Waals surface area (Å²) in [6, 6.07) is 67.1. The molecule has 0 atom stereocenters. The molecule has 2 aliphatic rings. The van der Waals surface area contributed by atoms with Gasteiger partial charge in [-0.1, -0.05) is 189 Å². The first-order valence-corrected chi connectivity index (χ1v) is 21.5. The number of furan rings is 1. The van der Waals surface area contributed by atoms with Gasteiger partial charge in [-0.25, -0.2) is 15.0 Å². The predicted molar refractivity (Wildman–Crippen MR) is 249 cm³/mol. The first-order chi connectivity index (χ1) is 30.2. The van der Waals surface area contributed by atoms with Gasteiger partial charge in [0.1, 0.15) is 11.2 Å². The van der Waals surface area contributed by atoms with Crippen molar-refractivity contribution in [2.75, 3.05) is 0 Å². The molecule has 0 bridgehead atoms. The summed E-state index contributed by atoms with van der Waals surface area (Å²) in [5.74, 6) is 1.84. The van der Waals surface area contributed by atoms with Gasteiger partial charge in [-0.2, -0.15) is 0 Å². The lowest BCUT2D eigenvalue weighted by Gasteiger charge is -2.37. The smallest absolute Gasteiger partial charge is 0.164 e. The second-order valence-electron chi connectivity index (χ2n) is 16.6. The fourth-order valence-corrected chi connectivity index (χ4v) is 10.2. The Hall–Kier alpha value is -7.43. The zero-order chi connectivity index (χ0) is 40.3. The van der Waals surface area contributed by atoms with Gasteiger partial charge >= 0.3 is 0 Å². The highest BCUT2D eigenvalue weighted by Gasteiger charge is 2.45. The van der Waals surface area contributed by atoms with Crippen molar-refractivity contribution in [3.63, 3.8) is 0 Å². The summed E-state index contributed by atoms with van der Waals surface area (Å²) in [5, 5.41) is 2.16. The largest absolute Gasteiger partial charge is 0.456 e. The molecule has 2 aromatic heterocycles. The van der Waals surface area contributed by atoms with Gasteiger partial charge in [0, 0.05) is 32.9 Å². The molecule has 290 valence electrons. The summed E-state index contributed by atoms with van der Waals surface area (Å²) >= 11 is 0. The van der Waals surface area contributed by atoms with Crippen molar-refractivity contribution in [3.05, 3.63) is 199 Å². The standard InChI is InChI=1S/C57H41N3O/c1-3-12-37(13-4-1)38-22-28-42(29-23-38)54-58-55(60-56(59-54)44-32-33-48-47-15-6-8-19-51(47)61-52(48)36-44)43-30-24-40(25-31-43)39-20-26-41(27-21-39)45-16-11-17-49-46-14-5-7-18-50(46)57(53(45)49)34-9-2-10-35-57/h1,3-8,11-33,36H,2,9-10,34-35H2. The molecule has 1 fully saturated rings. The Kier molecular flexibility index (Phi) is 8.38. The van der Waals surface area contributed by atoms with Gasteiger partial charge in [-0.3, -0.25) is 0 Å². The number of para-hydroxylation sites is 1. The third-order valence-electron chi connectivity index (χ3n) is 13.2. The first kappa shape index (κ1) is 35.5. The molecule has 0 saturated heterocycles. The molecular weight excluding hydrogens is 743 g/mol. The second-order valence-corrected chi connectivity index (χ2v) is 16.6. The number of hydrogen-bond acceptors (Lipinski definition) is 4. The maximum atomic E-state index is 6.28. The molecule has 1 saturated carbocycles. The second kappa shape index (κ2) is 14.4. The van der Waals surface area contributed by atoms with Crippen LogP contribution in [0.1, 0.15) is 43.2 Å². The number of nitrogens with zero attached hydrogens (tertiary/aromatic N) is 3. The monoisotopic (exact) mass is 783 g/mol. The summed E-state index contributed by atoms with van der Waals surface area (Å²) in [6.45, 7) is 0. The van der Waals surface area contributed by atoms with E-state index in [1.165, 1.54) is 76.6 Å². The summed E-state index contributed by atoms with van der Waals surface area (Å²) in [5.41, 5.74) is 17.7. The maximum Gasteiger partial charge on any atom is 0.164 e. The van der Waals surface area contributed by atoms with Gasteiger partial charge in [0.2, 0.25) is 0 Å². The molecule has 10 aromatic rings. The van der Waals surface area contributed by atoms with Crippen molar-refractivity contribution in [1.82, 2.24) is 15.0 Å². The van der Waals surface area contributed by atoms with Crippen molar-refractivity contribution in [2.45, 2.75) is 37.5 Å². The molecule has 0 aliphatic heterocycles. The molecule has 8 aromatic carbocycles. The number of rotatable bonds is 6. The van der Waals surface area contributed by atoms with Crippen molar-refractivity contribution in [1.29, 1.82) is 0 Å². The highest BCUT2D eigenvalue weighted by molar-refractivity contribution is 6.05. The molecule has 0 radical (unpaired) electrons. The van der Waals surface area contributed by atoms with Gasteiger partial charge < -0.3 is 4.42 Å². The van der Waals surface area contributed by atoms with E-state index >= 15 is 0 Å². The zero-order valence-corrected chi connectivity index (χ0v) is 33.7. The Balaban J connectivity index is 0.892. The topological polar surface area (TPSA) is 51.8 Å². The molecule has 0 N–H and O–H groups in total. The van der Waals surface area contributed by atoms with E-state index in [4.69, 9.17) is 19.4 Å².